The zero-order valence-electron chi connectivity index (χ0n) is 10.4. The van der Waals surface area contributed by atoms with Crippen molar-refractivity contribution in [2.45, 2.75) is 19.3 Å². The number of benzene rings is 1. The molecule has 0 spiro atoms. The Morgan fingerprint density at radius 1 is 1.28 bits per heavy atom. The molecule has 0 saturated carbocycles. The van der Waals surface area contributed by atoms with Gasteiger partial charge in [-0.1, -0.05) is 12.1 Å². The molecule has 4 heteroatoms. The number of nitrogens with zero attached hydrogens (tertiary/aromatic N) is 3. The number of hydrogen-bond donors (Lipinski definition) is 1. The maximum Gasteiger partial charge on any atom is 0.0859 e. The van der Waals surface area contributed by atoms with E-state index in [2.05, 4.69) is 33.7 Å². The van der Waals surface area contributed by atoms with E-state index in [1.54, 1.807) is 17.2 Å². The predicted molar refractivity (Wildman–Crippen MR) is 70.7 cm³/mol. The van der Waals surface area contributed by atoms with E-state index in [0.717, 1.165) is 24.6 Å². The van der Waals surface area contributed by atoms with Crippen LogP contribution < -0.4 is 5.32 Å². The van der Waals surface area contributed by atoms with Gasteiger partial charge in [-0.15, -0.1) is 0 Å². The summed E-state index contributed by atoms with van der Waals surface area (Å²) >= 11 is 0. The minimum atomic E-state index is 0.764. The van der Waals surface area contributed by atoms with Crippen molar-refractivity contribution in [3.8, 4) is 5.69 Å². The lowest BCUT2D eigenvalue weighted by atomic mass is 9.92. The molecule has 0 bridgehead atoms. The molecule has 1 aliphatic rings. The SMILES string of the molecule is c1cc(CC2CCCNC2)cc(-n2nccn2)c1. The van der Waals surface area contributed by atoms with E-state index in [0.29, 0.717) is 0 Å². The van der Waals surface area contributed by atoms with Crippen molar-refractivity contribution in [3.63, 3.8) is 0 Å². The fraction of sp³-hybridized carbons (Fsp3) is 0.429. The van der Waals surface area contributed by atoms with Crippen LogP contribution in [0.1, 0.15) is 18.4 Å². The molecule has 1 fully saturated rings. The second-order valence-electron chi connectivity index (χ2n) is 4.90. The van der Waals surface area contributed by atoms with E-state index >= 15 is 0 Å². The van der Waals surface area contributed by atoms with Gasteiger partial charge in [-0.25, -0.2) is 0 Å². The van der Waals surface area contributed by atoms with E-state index in [9.17, 15) is 0 Å². The highest BCUT2D eigenvalue weighted by Crippen LogP contribution is 2.18. The van der Waals surface area contributed by atoms with Gasteiger partial charge in [0, 0.05) is 0 Å². The lowest BCUT2D eigenvalue weighted by Gasteiger charge is -2.22. The first kappa shape index (κ1) is 11.4. The first-order chi connectivity index (χ1) is 8.92. The van der Waals surface area contributed by atoms with E-state index in [4.69, 9.17) is 0 Å². The fourth-order valence-electron chi connectivity index (χ4n) is 2.59. The molecule has 0 radical (unpaired) electrons. The molecule has 3 rings (SSSR count). The molecule has 94 valence electrons. The van der Waals surface area contributed by atoms with Crippen molar-refractivity contribution in [2.24, 2.45) is 5.92 Å². The molecule has 0 aliphatic carbocycles. The first-order valence-corrected chi connectivity index (χ1v) is 6.58. The Morgan fingerprint density at radius 2 is 2.17 bits per heavy atom. The van der Waals surface area contributed by atoms with E-state index in [-0.39, 0.29) is 0 Å². The molecular weight excluding hydrogens is 224 g/mol. The summed E-state index contributed by atoms with van der Waals surface area (Å²) in [6.07, 6.45) is 7.18. The van der Waals surface area contributed by atoms with Crippen molar-refractivity contribution in [3.05, 3.63) is 42.2 Å². The molecule has 1 saturated heterocycles. The third kappa shape index (κ3) is 2.59. The standard InChI is InChI=1S/C14H18N4/c1-3-12(9-13-4-2-6-15-11-13)10-14(5-1)18-16-7-8-17-18/h1,3,5,7-8,10,13,15H,2,4,6,9,11H2. The van der Waals surface area contributed by atoms with Crippen LogP contribution in [0.15, 0.2) is 36.7 Å². The van der Waals surface area contributed by atoms with Gasteiger partial charge in [0.1, 0.15) is 0 Å². The summed E-state index contributed by atoms with van der Waals surface area (Å²) in [5.41, 5.74) is 2.42. The summed E-state index contributed by atoms with van der Waals surface area (Å²) in [7, 11) is 0. The van der Waals surface area contributed by atoms with Crippen molar-refractivity contribution < 1.29 is 0 Å². The molecule has 4 nitrogen and oxygen atoms in total. The number of piperidine rings is 1. The van der Waals surface area contributed by atoms with Crippen LogP contribution in [0.25, 0.3) is 5.69 Å². The average molecular weight is 242 g/mol. The highest BCUT2D eigenvalue weighted by atomic mass is 15.5. The third-order valence-corrected chi connectivity index (χ3v) is 3.48. The summed E-state index contributed by atoms with van der Waals surface area (Å²) in [5, 5.41) is 11.8. The largest absolute Gasteiger partial charge is 0.316 e. The lowest BCUT2D eigenvalue weighted by molar-refractivity contribution is 0.376. The summed E-state index contributed by atoms with van der Waals surface area (Å²) < 4.78 is 0. The van der Waals surface area contributed by atoms with Gasteiger partial charge in [0.05, 0.1) is 18.1 Å². The Hall–Kier alpha value is -1.68. The van der Waals surface area contributed by atoms with E-state index in [1.165, 1.54) is 24.9 Å². The second-order valence-corrected chi connectivity index (χ2v) is 4.90. The number of hydrogen-bond acceptors (Lipinski definition) is 3. The van der Waals surface area contributed by atoms with Crippen molar-refractivity contribution >= 4 is 0 Å². The van der Waals surface area contributed by atoms with Crippen molar-refractivity contribution in [2.75, 3.05) is 13.1 Å². The van der Waals surface area contributed by atoms with E-state index in [1.807, 2.05) is 6.07 Å². The highest BCUT2D eigenvalue weighted by Gasteiger charge is 2.13. The minimum Gasteiger partial charge on any atom is -0.316 e. The molecule has 1 aromatic heterocycles. The Morgan fingerprint density at radius 3 is 2.94 bits per heavy atom. The lowest BCUT2D eigenvalue weighted by Crippen LogP contribution is -2.30. The molecule has 18 heavy (non-hydrogen) atoms. The Balaban J connectivity index is 1.74. The van der Waals surface area contributed by atoms with Crippen LogP contribution in [0, 0.1) is 5.92 Å². The fourth-order valence-corrected chi connectivity index (χ4v) is 2.59. The Labute approximate surface area is 107 Å². The molecular formula is C14H18N4. The van der Waals surface area contributed by atoms with Gasteiger partial charge in [-0.2, -0.15) is 15.0 Å². The Kier molecular flexibility index (Phi) is 3.37. The zero-order chi connectivity index (χ0) is 12.2. The third-order valence-electron chi connectivity index (χ3n) is 3.48. The maximum absolute atomic E-state index is 4.17. The molecule has 1 atom stereocenters. The number of rotatable bonds is 3. The molecule has 1 aromatic carbocycles. The molecule has 2 aromatic rings. The van der Waals surface area contributed by atoms with Crippen LogP contribution in [0.2, 0.25) is 0 Å². The number of aromatic nitrogens is 3. The Bertz CT molecular complexity index is 486. The van der Waals surface area contributed by atoms with Gasteiger partial charge in [0.15, 0.2) is 0 Å². The van der Waals surface area contributed by atoms with Crippen molar-refractivity contribution in [1.82, 2.24) is 20.3 Å². The molecule has 1 unspecified atom stereocenters. The normalized spacial score (nSPS) is 19.9. The quantitative estimate of drug-likeness (QED) is 0.892. The predicted octanol–water partition coefficient (Wildman–Crippen LogP) is 1.81. The molecule has 1 aliphatic heterocycles. The van der Waals surface area contributed by atoms with Crippen LogP contribution in [0.3, 0.4) is 0 Å². The van der Waals surface area contributed by atoms with Gasteiger partial charge in [-0.05, 0) is 56.0 Å². The van der Waals surface area contributed by atoms with Crippen LogP contribution in [-0.2, 0) is 6.42 Å². The molecule has 1 N–H and O–H groups in total. The van der Waals surface area contributed by atoms with Gasteiger partial charge in [0.2, 0.25) is 0 Å². The maximum atomic E-state index is 4.17. The minimum absolute atomic E-state index is 0.764. The zero-order valence-corrected chi connectivity index (χ0v) is 10.4. The first-order valence-electron chi connectivity index (χ1n) is 6.58. The second kappa shape index (κ2) is 5.31. The van der Waals surface area contributed by atoms with Crippen molar-refractivity contribution in [1.29, 1.82) is 0 Å². The summed E-state index contributed by atoms with van der Waals surface area (Å²) in [4.78, 5) is 1.67. The summed E-state index contributed by atoms with van der Waals surface area (Å²) in [6.45, 7) is 2.32. The molecule has 2 heterocycles. The average Bonchev–Trinajstić information content (AvgIpc) is 2.94. The van der Waals surface area contributed by atoms with Gasteiger partial charge in [-0.3, -0.25) is 0 Å². The summed E-state index contributed by atoms with van der Waals surface area (Å²) in [6, 6.07) is 8.52. The monoisotopic (exact) mass is 242 g/mol. The van der Waals surface area contributed by atoms with Gasteiger partial charge in [0.25, 0.3) is 0 Å². The van der Waals surface area contributed by atoms with Crippen LogP contribution in [0.5, 0.6) is 0 Å². The number of nitrogens with one attached hydrogen (secondary N) is 1. The topological polar surface area (TPSA) is 42.7 Å². The van der Waals surface area contributed by atoms with Gasteiger partial charge >= 0.3 is 0 Å². The van der Waals surface area contributed by atoms with Crippen LogP contribution in [0.4, 0.5) is 0 Å². The van der Waals surface area contributed by atoms with E-state index < -0.39 is 0 Å². The highest BCUT2D eigenvalue weighted by molar-refractivity contribution is 5.34. The molecule has 0 amide bonds. The van der Waals surface area contributed by atoms with Crippen LogP contribution >= 0.6 is 0 Å². The smallest absolute Gasteiger partial charge is 0.0859 e. The van der Waals surface area contributed by atoms with Gasteiger partial charge < -0.3 is 5.32 Å². The summed E-state index contributed by atoms with van der Waals surface area (Å²) in [5.74, 6) is 0.764. The van der Waals surface area contributed by atoms with Crippen LogP contribution in [-0.4, -0.2) is 28.1 Å².